The van der Waals surface area contributed by atoms with Gasteiger partial charge in [-0.2, -0.15) is 18.3 Å². The van der Waals surface area contributed by atoms with Crippen molar-refractivity contribution in [1.82, 2.24) is 25.1 Å². The smallest absolute Gasteiger partial charge is 0.392 e. The van der Waals surface area contributed by atoms with Gasteiger partial charge in [-0.15, -0.1) is 0 Å². The number of rotatable bonds is 8. The van der Waals surface area contributed by atoms with E-state index in [1.807, 2.05) is 18.3 Å². The molecular formula is C20H20F3N5O2. The third kappa shape index (κ3) is 4.22. The number of aryl methyl sites for hydroxylation is 1. The zero-order chi connectivity index (χ0) is 21.4. The first-order valence-electron chi connectivity index (χ1n) is 9.49. The van der Waals surface area contributed by atoms with Crippen molar-refractivity contribution in [1.29, 1.82) is 0 Å². The molecule has 10 heteroatoms. The summed E-state index contributed by atoms with van der Waals surface area (Å²) < 4.78 is 43.7. The standard InChI is InChI=1S/C20H20F3N5O2/c1-13-8-14(9-25-18(13)30-7-5-20(21,22)23)10-28-11-15-16(27-28)2-6-24-17(15)19(3-4-19)26-12-29/h2,6,8-9,11-12H,3-5,7,10H2,1H3,(H,26,29). The zero-order valence-electron chi connectivity index (χ0n) is 16.2. The summed E-state index contributed by atoms with van der Waals surface area (Å²) in [6.07, 6.45) is 2.22. The Labute approximate surface area is 170 Å². The van der Waals surface area contributed by atoms with Crippen LogP contribution in [0.1, 0.15) is 36.1 Å². The Hall–Kier alpha value is -3.17. The molecule has 0 aromatic carbocycles. The molecule has 1 aliphatic carbocycles. The third-order valence-electron chi connectivity index (χ3n) is 5.08. The summed E-state index contributed by atoms with van der Waals surface area (Å²) in [4.78, 5) is 19.6. The van der Waals surface area contributed by atoms with E-state index in [0.29, 0.717) is 18.5 Å². The molecular weight excluding hydrogens is 399 g/mol. The number of alkyl halides is 3. The molecule has 1 fully saturated rings. The Bertz CT molecular complexity index is 1080. The summed E-state index contributed by atoms with van der Waals surface area (Å²) in [6.45, 7) is 1.70. The number of carbonyl (C=O) groups is 1. The molecule has 0 atom stereocenters. The number of amides is 1. The van der Waals surface area contributed by atoms with Crippen LogP contribution in [0.2, 0.25) is 0 Å². The minimum absolute atomic E-state index is 0.190. The second kappa shape index (κ2) is 7.58. The Balaban J connectivity index is 1.51. The lowest BCUT2D eigenvalue weighted by molar-refractivity contribution is -0.139. The predicted molar refractivity (Wildman–Crippen MR) is 102 cm³/mol. The highest BCUT2D eigenvalue weighted by atomic mass is 19.4. The van der Waals surface area contributed by atoms with E-state index in [1.54, 1.807) is 24.0 Å². The fourth-order valence-electron chi connectivity index (χ4n) is 3.45. The second-order valence-electron chi connectivity index (χ2n) is 7.44. The number of ether oxygens (including phenoxy) is 1. The van der Waals surface area contributed by atoms with Crippen LogP contribution in [-0.2, 0) is 16.9 Å². The van der Waals surface area contributed by atoms with Gasteiger partial charge in [0.25, 0.3) is 0 Å². The van der Waals surface area contributed by atoms with Gasteiger partial charge in [-0.05, 0) is 37.5 Å². The van der Waals surface area contributed by atoms with Crippen LogP contribution in [0.4, 0.5) is 13.2 Å². The van der Waals surface area contributed by atoms with Crippen molar-refractivity contribution < 1.29 is 22.7 Å². The van der Waals surface area contributed by atoms with Gasteiger partial charge < -0.3 is 10.1 Å². The monoisotopic (exact) mass is 419 g/mol. The van der Waals surface area contributed by atoms with Crippen molar-refractivity contribution in [2.75, 3.05) is 6.61 Å². The molecule has 3 aromatic rings. The van der Waals surface area contributed by atoms with Gasteiger partial charge in [0.05, 0.1) is 36.3 Å². The fraction of sp³-hybridized carbons (Fsp3) is 0.400. The maximum Gasteiger partial charge on any atom is 0.392 e. The molecule has 0 radical (unpaired) electrons. The first kappa shape index (κ1) is 20.1. The van der Waals surface area contributed by atoms with Crippen molar-refractivity contribution in [3.63, 3.8) is 0 Å². The Morgan fingerprint density at radius 2 is 2.13 bits per heavy atom. The number of carbonyl (C=O) groups excluding carboxylic acids is 1. The minimum atomic E-state index is -4.26. The lowest BCUT2D eigenvalue weighted by atomic mass is 10.1. The molecule has 7 nitrogen and oxygen atoms in total. The lowest BCUT2D eigenvalue weighted by Gasteiger charge is -2.13. The lowest BCUT2D eigenvalue weighted by Crippen LogP contribution is -2.28. The van der Waals surface area contributed by atoms with Crippen LogP contribution in [0.5, 0.6) is 5.88 Å². The van der Waals surface area contributed by atoms with Crippen molar-refractivity contribution >= 4 is 17.3 Å². The quantitative estimate of drug-likeness (QED) is 0.567. The first-order valence-corrected chi connectivity index (χ1v) is 9.49. The predicted octanol–water partition coefficient (Wildman–Crippen LogP) is 3.25. The summed E-state index contributed by atoms with van der Waals surface area (Å²) in [5, 5.41) is 8.32. The van der Waals surface area contributed by atoms with Crippen LogP contribution in [0.25, 0.3) is 10.9 Å². The van der Waals surface area contributed by atoms with E-state index in [0.717, 1.165) is 35.0 Å². The van der Waals surface area contributed by atoms with Crippen LogP contribution in [0.15, 0.2) is 30.7 Å². The molecule has 158 valence electrons. The van der Waals surface area contributed by atoms with Gasteiger partial charge >= 0.3 is 6.18 Å². The second-order valence-corrected chi connectivity index (χ2v) is 7.44. The number of halogens is 3. The summed E-state index contributed by atoms with van der Waals surface area (Å²) in [5.74, 6) is 0.190. The van der Waals surface area contributed by atoms with Crippen LogP contribution in [0, 0.1) is 6.92 Å². The topological polar surface area (TPSA) is 81.9 Å². The highest BCUT2D eigenvalue weighted by Gasteiger charge is 2.46. The number of hydrogen-bond donors (Lipinski definition) is 1. The summed E-state index contributed by atoms with van der Waals surface area (Å²) in [7, 11) is 0. The number of pyridine rings is 2. The minimum Gasteiger partial charge on any atom is -0.477 e. The van der Waals surface area contributed by atoms with Crippen molar-refractivity contribution in [2.45, 2.75) is 44.4 Å². The number of nitrogens with one attached hydrogen (secondary N) is 1. The fourth-order valence-corrected chi connectivity index (χ4v) is 3.45. The van der Waals surface area contributed by atoms with Crippen LogP contribution < -0.4 is 10.1 Å². The molecule has 3 aromatic heterocycles. The molecule has 0 unspecified atom stereocenters. The van der Waals surface area contributed by atoms with E-state index >= 15 is 0 Å². The van der Waals surface area contributed by atoms with E-state index in [9.17, 15) is 18.0 Å². The molecule has 1 N–H and O–H groups in total. The van der Waals surface area contributed by atoms with Crippen molar-refractivity contribution in [3.05, 3.63) is 47.5 Å². The van der Waals surface area contributed by atoms with E-state index < -0.39 is 24.7 Å². The highest BCUT2D eigenvalue weighted by Crippen LogP contribution is 2.46. The third-order valence-corrected chi connectivity index (χ3v) is 5.08. The Kier molecular flexibility index (Phi) is 5.08. The summed E-state index contributed by atoms with van der Waals surface area (Å²) in [6, 6.07) is 3.63. The average molecular weight is 419 g/mol. The number of nitrogens with zero attached hydrogens (tertiary/aromatic N) is 4. The molecule has 4 rings (SSSR count). The molecule has 1 aliphatic rings. The maximum absolute atomic E-state index is 12.3. The largest absolute Gasteiger partial charge is 0.477 e. The molecule has 0 aliphatic heterocycles. The first-order chi connectivity index (χ1) is 14.3. The average Bonchev–Trinajstić information content (AvgIpc) is 3.33. The molecule has 3 heterocycles. The van der Waals surface area contributed by atoms with Gasteiger partial charge in [0, 0.05) is 29.5 Å². The molecule has 1 saturated carbocycles. The van der Waals surface area contributed by atoms with Crippen molar-refractivity contribution in [3.8, 4) is 5.88 Å². The molecule has 1 amide bonds. The molecule has 0 saturated heterocycles. The van der Waals surface area contributed by atoms with Gasteiger partial charge in [-0.1, -0.05) is 0 Å². The SMILES string of the molecule is Cc1cc(Cn2cc3c(C4(NC=O)CC4)nccc3n2)cnc1OCCC(F)(F)F. The van der Waals surface area contributed by atoms with E-state index in [2.05, 4.69) is 20.4 Å². The molecule has 30 heavy (non-hydrogen) atoms. The summed E-state index contributed by atoms with van der Waals surface area (Å²) in [5.41, 5.74) is 2.66. The van der Waals surface area contributed by atoms with E-state index in [-0.39, 0.29) is 5.88 Å². The molecule has 0 bridgehead atoms. The van der Waals surface area contributed by atoms with E-state index in [4.69, 9.17) is 4.74 Å². The van der Waals surface area contributed by atoms with Crippen molar-refractivity contribution in [2.24, 2.45) is 0 Å². The zero-order valence-corrected chi connectivity index (χ0v) is 16.2. The van der Waals surface area contributed by atoms with Gasteiger partial charge in [0.2, 0.25) is 12.3 Å². The van der Waals surface area contributed by atoms with Gasteiger partial charge in [-0.25, -0.2) is 4.98 Å². The highest BCUT2D eigenvalue weighted by molar-refractivity contribution is 5.82. The normalized spacial score (nSPS) is 15.2. The molecule has 0 spiro atoms. The van der Waals surface area contributed by atoms with Gasteiger partial charge in [0.15, 0.2) is 0 Å². The number of hydrogen-bond acceptors (Lipinski definition) is 5. The number of fused-ring (bicyclic) bond motifs is 1. The Morgan fingerprint density at radius 1 is 1.33 bits per heavy atom. The van der Waals surface area contributed by atoms with Gasteiger partial charge in [-0.3, -0.25) is 14.5 Å². The van der Waals surface area contributed by atoms with Crippen LogP contribution >= 0.6 is 0 Å². The van der Waals surface area contributed by atoms with E-state index in [1.165, 1.54) is 0 Å². The number of aromatic nitrogens is 4. The van der Waals surface area contributed by atoms with Gasteiger partial charge in [0.1, 0.15) is 0 Å². The maximum atomic E-state index is 12.3. The van der Waals surface area contributed by atoms with Crippen LogP contribution in [0.3, 0.4) is 0 Å². The van der Waals surface area contributed by atoms with Crippen LogP contribution in [-0.4, -0.2) is 38.9 Å². The Morgan fingerprint density at radius 3 is 2.80 bits per heavy atom. The summed E-state index contributed by atoms with van der Waals surface area (Å²) >= 11 is 0.